The van der Waals surface area contributed by atoms with E-state index in [1.807, 2.05) is 36.7 Å². The number of imidazole rings is 1. The van der Waals surface area contributed by atoms with Gasteiger partial charge in [-0.1, -0.05) is 19.4 Å². The van der Waals surface area contributed by atoms with Crippen molar-refractivity contribution in [3.63, 3.8) is 0 Å². The molecule has 1 unspecified atom stereocenters. The van der Waals surface area contributed by atoms with Crippen molar-refractivity contribution in [1.82, 2.24) is 25.2 Å². The molecule has 0 saturated heterocycles. The maximum atomic E-state index is 11.7. The highest BCUT2D eigenvalue weighted by atomic mass is 16.3. The van der Waals surface area contributed by atoms with Crippen molar-refractivity contribution >= 4 is 6.03 Å². The van der Waals surface area contributed by atoms with Crippen molar-refractivity contribution in [2.45, 2.75) is 39.3 Å². The van der Waals surface area contributed by atoms with E-state index < -0.39 is 6.10 Å². The minimum Gasteiger partial charge on any atom is -0.391 e. The Labute approximate surface area is 135 Å². The van der Waals surface area contributed by atoms with Crippen LogP contribution < -0.4 is 10.6 Å². The normalized spacial score (nSPS) is 12.0. The number of hydrogen-bond acceptors (Lipinski definition) is 4. The summed E-state index contributed by atoms with van der Waals surface area (Å²) in [6, 6.07) is 3.50. The summed E-state index contributed by atoms with van der Waals surface area (Å²) in [4.78, 5) is 20.2. The first kappa shape index (κ1) is 17.0. The zero-order chi connectivity index (χ0) is 16.7. The minimum absolute atomic E-state index is 0.261. The topological polar surface area (TPSA) is 92.1 Å². The quantitative estimate of drug-likeness (QED) is 0.722. The zero-order valence-electron chi connectivity index (χ0n) is 13.5. The Balaban J connectivity index is 1.80. The van der Waals surface area contributed by atoms with Gasteiger partial charge in [-0.05, 0) is 25.0 Å². The molecular weight excluding hydrogens is 294 g/mol. The third-order valence-electron chi connectivity index (χ3n) is 3.45. The summed E-state index contributed by atoms with van der Waals surface area (Å²) >= 11 is 0. The van der Waals surface area contributed by atoms with Crippen molar-refractivity contribution in [3.05, 3.63) is 42.1 Å². The second-order valence-electron chi connectivity index (χ2n) is 5.38. The zero-order valence-corrected chi connectivity index (χ0v) is 13.5. The molecule has 3 N–H and O–H groups in total. The van der Waals surface area contributed by atoms with Crippen molar-refractivity contribution in [2.24, 2.45) is 0 Å². The fourth-order valence-corrected chi connectivity index (χ4v) is 2.17. The molecule has 2 amide bonds. The van der Waals surface area contributed by atoms with Crippen LogP contribution in [-0.4, -0.2) is 38.3 Å². The van der Waals surface area contributed by atoms with Gasteiger partial charge in [0.25, 0.3) is 0 Å². The SMILES string of the molecule is CCCC(O)CNC(=O)NCc1ccc(-n2ccnc2C)nc1. The van der Waals surface area contributed by atoms with Gasteiger partial charge < -0.3 is 15.7 Å². The van der Waals surface area contributed by atoms with E-state index in [1.54, 1.807) is 12.4 Å². The van der Waals surface area contributed by atoms with Crippen LogP contribution in [0.1, 0.15) is 31.2 Å². The Morgan fingerprint density at radius 1 is 1.35 bits per heavy atom. The number of carbonyl (C=O) groups excluding carboxylic acids is 1. The summed E-state index contributed by atoms with van der Waals surface area (Å²) in [6.07, 6.45) is 6.37. The lowest BCUT2D eigenvalue weighted by molar-refractivity contribution is 0.160. The molecule has 0 radical (unpaired) electrons. The second-order valence-corrected chi connectivity index (χ2v) is 5.38. The number of aromatic nitrogens is 3. The molecule has 0 saturated carbocycles. The van der Waals surface area contributed by atoms with Gasteiger partial charge in [-0.2, -0.15) is 0 Å². The van der Waals surface area contributed by atoms with Gasteiger partial charge in [-0.25, -0.2) is 14.8 Å². The number of hydrogen-bond donors (Lipinski definition) is 3. The van der Waals surface area contributed by atoms with Crippen molar-refractivity contribution < 1.29 is 9.90 Å². The van der Waals surface area contributed by atoms with Crippen molar-refractivity contribution in [3.8, 4) is 5.82 Å². The van der Waals surface area contributed by atoms with Crippen LogP contribution >= 0.6 is 0 Å². The lowest BCUT2D eigenvalue weighted by Gasteiger charge is -2.12. The van der Waals surface area contributed by atoms with Crippen LogP contribution in [-0.2, 0) is 6.54 Å². The van der Waals surface area contributed by atoms with Crippen molar-refractivity contribution in [2.75, 3.05) is 6.54 Å². The van der Waals surface area contributed by atoms with E-state index in [4.69, 9.17) is 0 Å². The second kappa shape index (κ2) is 8.28. The number of amides is 2. The number of nitrogens with one attached hydrogen (secondary N) is 2. The van der Waals surface area contributed by atoms with E-state index in [1.165, 1.54) is 0 Å². The monoisotopic (exact) mass is 317 g/mol. The van der Waals surface area contributed by atoms with Gasteiger partial charge in [0.1, 0.15) is 11.6 Å². The van der Waals surface area contributed by atoms with Gasteiger partial charge in [0.05, 0.1) is 6.10 Å². The van der Waals surface area contributed by atoms with Gasteiger partial charge in [0.15, 0.2) is 0 Å². The molecule has 2 rings (SSSR count). The molecule has 0 bridgehead atoms. The molecule has 0 aliphatic heterocycles. The lowest BCUT2D eigenvalue weighted by Crippen LogP contribution is -2.39. The predicted octanol–water partition coefficient (Wildman–Crippen LogP) is 1.54. The molecular formula is C16H23N5O2. The Morgan fingerprint density at radius 3 is 2.78 bits per heavy atom. The number of pyridine rings is 1. The maximum absolute atomic E-state index is 11.7. The summed E-state index contributed by atoms with van der Waals surface area (Å²) in [5.74, 6) is 1.66. The highest BCUT2D eigenvalue weighted by Gasteiger charge is 2.06. The predicted molar refractivity (Wildman–Crippen MR) is 87.2 cm³/mol. The molecule has 2 aromatic rings. The number of urea groups is 1. The fourth-order valence-electron chi connectivity index (χ4n) is 2.17. The van der Waals surface area contributed by atoms with Gasteiger partial charge in [0.2, 0.25) is 0 Å². The molecule has 0 aliphatic rings. The first-order valence-corrected chi connectivity index (χ1v) is 7.75. The van der Waals surface area contributed by atoms with Crippen LogP contribution in [0.4, 0.5) is 4.79 Å². The van der Waals surface area contributed by atoms with E-state index in [-0.39, 0.29) is 12.6 Å². The third-order valence-corrected chi connectivity index (χ3v) is 3.45. The van der Waals surface area contributed by atoms with Crippen molar-refractivity contribution in [1.29, 1.82) is 0 Å². The number of aryl methyl sites for hydroxylation is 1. The number of aliphatic hydroxyl groups excluding tert-OH is 1. The summed E-state index contributed by atoms with van der Waals surface area (Å²) in [5, 5.41) is 15.0. The van der Waals surface area contributed by atoms with E-state index in [0.717, 1.165) is 23.6 Å². The molecule has 23 heavy (non-hydrogen) atoms. The van der Waals surface area contributed by atoms with Gasteiger partial charge >= 0.3 is 6.03 Å². The molecule has 2 heterocycles. The molecule has 0 spiro atoms. The van der Waals surface area contributed by atoms with E-state index in [9.17, 15) is 9.90 Å². The van der Waals surface area contributed by atoms with Crippen LogP contribution in [0, 0.1) is 6.92 Å². The largest absolute Gasteiger partial charge is 0.391 e. The highest BCUT2D eigenvalue weighted by molar-refractivity contribution is 5.73. The highest BCUT2D eigenvalue weighted by Crippen LogP contribution is 2.08. The van der Waals surface area contributed by atoms with Crippen LogP contribution in [0.2, 0.25) is 0 Å². The first-order valence-electron chi connectivity index (χ1n) is 7.75. The van der Waals surface area contributed by atoms with E-state index >= 15 is 0 Å². The molecule has 7 nitrogen and oxygen atoms in total. The molecule has 124 valence electrons. The molecule has 0 fully saturated rings. The first-order chi connectivity index (χ1) is 11.1. The smallest absolute Gasteiger partial charge is 0.315 e. The molecule has 0 aromatic carbocycles. The van der Waals surface area contributed by atoms with Crippen LogP contribution in [0.25, 0.3) is 5.82 Å². The summed E-state index contributed by atoms with van der Waals surface area (Å²) in [6.45, 7) is 4.54. The average molecular weight is 317 g/mol. The number of rotatable bonds is 7. The lowest BCUT2D eigenvalue weighted by atomic mass is 10.2. The minimum atomic E-state index is -0.495. The van der Waals surface area contributed by atoms with Gasteiger partial charge in [-0.3, -0.25) is 4.57 Å². The number of aliphatic hydroxyl groups is 1. The Bertz CT molecular complexity index is 624. The average Bonchev–Trinajstić information content (AvgIpc) is 2.98. The summed E-state index contributed by atoms with van der Waals surface area (Å²) in [5.41, 5.74) is 0.899. The summed E-state index contributed by atoms with van der Waals surface area (Å²) in [7, 11) is 0. The molecule has 1 atom stereocenters. The fraction of sp³-hybridized carbons (Fsp3) is 0.438. The molecule has 2 aromatic heterocycles. The summed E-state index contributed by atoms with van der Waals surface area (Å²) < 4.78 is 1.89. The van der Waals surface area contributed by atoms with Gasteiger partial charge in [0, 0.05) is 31.7 Å². The number of carbonyl (C=O) groups is 1. The Morgan fingerprint density at radius 2 is 2.17 bits per heavy atom. The van der Waals surface area contributed by atoms with E-state index in [0.29, 0.717) is 13.0 Å². The third kappa shape index (κ3) is 5.07. The van der Waals surface area contributed by atoms with Crippen LogP contribution in [0.3, 0.4) is 0 Å². The van der Waals surface area contributed by atoms with E-state index in [2.05, 4.69) is 20.6 Å². The van der Waals surface area contributed by atoms with Crippen LogP contribution in [0.15, 0.2) is 30.7 Å². The standard InChI is InChI=1S/C16H23N5O2/c1-3-4-14(22)11-20-16(23)19-10-13-5-6-15(18-9-13)21-8-7-17-12(21)2/h5-9,14,22H,3-4,10-11H2,1-2H3,(H2,19,20,23). The van der Waals surface area contributed by atoms with Crippen LogP contribution in [0.5, 0.6) is 0 Å². The maximum Gasteiger partial charge on any atom is 0.315 e. The molecule has 0 aliphatic carbocycles. The number of nitrogens with zero attached hydrogens (tertiary/aromatic N) is 3. The Kier molecular flexibility index (Phi) is 6.10. The Hall–Kier alpha value is -2.41. The molecule has 7 heteroatoms. The van der Waals surface area contributed by atoms with Gasteiger partial charge in [-0.15, -0.1) is 0 Å².